The van der Waals surface area contributed by atoms with Gasteiger partial charge in [-0.25, -0.2) is 0 Å². The summed E-state index contributed by atoms with van der Waals surface area (Å²) in [6.45, 7) is 7.22. The molecule has 2 heteroatoms. The zero-order chi connectivity index (χ0) is 14.0. The van der Waals surface area contributed by atoms with Gasteiger partial charge in [-0.15, -0.1) is 0 Å². The third-order valence-corrected chi connectivity index (χ3v) is 4.86. The summed E-state index contributed by atoms with van der Waals surface area (Å²) in [7, 11) is 0. The second-order valence-corrected chi connectivity index (χ2v) is 7.14. The van der Waals surface area contributed by atoms with Crippen LogP contribution >= 0.6 is 0 Å². The second-order valence-electron chi connectivity index (χ2n) is 7.14. The number of hydrogen-bond donors (Lipinski definition) is 0. The van der Waals surface area contributed by atoms with Crippen LogP contribution in [0.4, 0.5) is 0 Å². The van der Waals surface area contributed by atoms with Crippen LogP contribution in [0.25, 0.3) is 0 Å². The first kappa shape index (κ1) is 16.3. The lowest BCUT2D eigenvalue weighted by atomic mass is 10.0. The molecule has 0 aromatic carbocycles. The number of ether oxygens (including phenoxy) is 1. The smallest absolute Gasteiger partial charge is 0.0936 e. The second kappa shape index (κ2) is 9.78. The molecule has 0 N–H and O–H groups in total. The lowest BCUT2D eigenvalue weighted by molar-refractivity contribution is 0.205. The van der Waals surface area contributed by atoms with Gasteiger partial charge in [0.2, 0.25) is 0 Å². The van der Waals surface area contributed by atoms with Crippen LogP contribution in [-0.4, -0.2) is 37.2 Å². The van der Waals surface area contributed by atoms with E-state index in [1.165, 1.54) is 90.3 Å². The van der Waals surface area contributed by atoms with Gasteiger partial charge >= 0.3 is 0 Å². The van der Waals surface area contributed by atoms with E-state index < -0.39 is 0 Å². The first-order chi connectivity index (χ1) is 9.84. The largest absolute Gasteiger partial charge is 0.372 e. The zero-order valence-electron chi connectivity index (χ0n) is 13.6. The van der Waals surface area contributed by atoms with Gasteiger partial charge in [-0.05, 0) is 25.3 Å². The summed E-state index contributed by atoms with van der Waals surface area (Å²) in [6.07, 6.45) is 16.5. The lowest BCUT2D eigenvalue weighted by Gasteiger charge is -2.25. The molecular weight excluding hydrogens is 246 g/mol. The summed E-state index contributed by atoms with van der Waals surface area (Å²) < 4.78 is 5.43. The Morgan fingerprint density at radius 1 is 0.850 bits per heavy atom. The molecular formula is C18H35NO. The van der Waals surface area contributed by atoms with E-state index in [0.717, 1.165) is 12.5 Å². The van der Waals surface area contributed by atoms with Crippen molar-refractivity contribution in [2.24, 2.45) is 5.92 Å². The van der Waals surface area contributed by atoms with Gasteiger partial charge in [-0.1, -0.05) is 64.7 Å². The van der Waals surface area contributed by atoms with Crippen molar-refractivity contribution in [1.82, 2.24) is 4.90 Å². The normalized spacial score (nSPS) is 32.2. The fourth-order valence-electron chi connectivity index (χ4n) is 3.49. The Hall–Kier alpha value is -0.0800. The van der Waals surface area contributed by atoms with Crippen LogP contribution in [0, 0.1) is 5.92 Å². The Morgan fingerprint density at radius 2 is 1.40 bits per heavy atom. The summed E-state index contributed by atoms with van der Waals surface area (Å²) >= 11 is 0. The maximum absolute atomic E-state index is 5.43. The summed E-state index contributed by atoms with van der Waals surface area (Å²) in [5.74, 6) is 0.860. The maximum atomic E-state index is 5.43. The molecule has 0 spiro atoms. The minimum Gasteiger partial charge on any atom is -0.372 e. The Morgan fingerprint density at radius 3 is 2.00 bits per heavy atom. The van der Waals surface area contributed by atoms with Gasteiger partial charge in [0, 0.05) is 13.1 Å². The molecule has 0 aliphatic carbocycles. The fourth-order valence-corrected chi connectivity index (χ4v) is 3.49. The molecule has 0 amide bonds. The molecule has 2 rings (SSSR count). The van der Waals surface area contributed by atoms with Crippen LogP contribution in [0.1, 0.15) is 77.6 Å². The highest BCUT2D eigenvalue weighted by atomic mass is 16.6. The van der Waals surface area contributed by atoms with Crippen LogP contribution in [0.3, 0.4) is 0 Å². The molecule has 0 aromatic heterocycles. The van der Waals surface area contributed by atoms with Crippen molar-refractivity contribution < 1.29 is 4.74 Å². The van der Waals surface area contributed by atoms with Crippen LogP contribution in [-0.2, 0) is 4.74 Å². The van der Waals surface area contributed by atoms with E-state index in [2.05, 4.69) is 11.8 Å². The van der Waals surface area contributed by atoms with Crippen molar-refractivity contribution in [3.63, 3.8) is 0 Å². The summed E-state index contributed by atoms with van der Waals surface area (Å²) in [4.78, 5) is 2.68. The van der Waals surface area contributed by atoms with Gasteiger partial charge in [-0.2, -0.15) is 0 Å². The van der Waals surface area contributed by atoms with Gasteiger partial charge < -0.3 is 9.64 Å². The van der Waals surface area contributed by atoms with Crippen molar-refractivity contribution in [3.8, 4) is 0 Å². The molecule has 2 unspecified atom stereocenters. The molecule has 0 bridgehead atoms. The third-order valence-electron chi connectivity index (χ3n) is 4.86. The van der Waals surface area contributed by atoms with Crippen LogP contribution in [0.5, 0.6) is 0 Å². The van der Waals surface area contributed by atoms with E-state index in [9.17, 15) is 0 Å². The average molecular weight is 281 g/mol. The molecule has 2 saturated heterocycles. The number of nitrogens with zero attached hydrogens (tertiary/aromatic N) is 1. The minimum atomic E-state index is 0.560. The van der Waals surface area contributed by atoms with Crippen molar-refractivity contribution >= 4 is 0 Å². The highest BCUT2D eigenvalue weighted by molar-refractivity contribution is 4.76. The van der Waals surface area contributed by atoms with E-state index in [1.807, 2.05) is 0 Å². The van der Waals surface area contributed by atoms with Gasteiger partial charge in [-0.3, -0.25) is 0 Å². The summed E-state index contributed by atoms with van der Waals surface area (Å²) in [5, 5.41) is 0. The monoisotopic (exact) mass is 281 g/mol. The number of hydrogen-bond acceptors (Lipinski definition) is 2. The van der Waals surface area contributed by atoms with Crippen molar-refractivity contribution in [2.45, 2.75) is 83.7 Å². The van der Waals surface area contributed by atoms with E-state index in [-0.39, 0.29) is 0 Å². The summed E-state index contributed by atoms with van der Waals surface area (Å²) in [5.41, 5.74) is 0. The van der Waals surface area contributed by atoms with E-state index in [4.69, 9.17) is 4.74 Å². The van der Waals surface area contributed by atoms with Gasteiger partial charge in [0.15, 0.2) is 0 Å². The first-order valence-corrected chi connectivity index (χ1v) is 9.18. The van der Waals surface area contributed by atoms with E-state index >= 15 is 0 Å². The lowest BCUT2D eigenvalue weighted by Crippen LogP contribution is -2.33. The van der Waals surface area contributed by atoms with E-state index in [0.29, 0.717) is 6.10 Å². The van der Waals surface area contributed by atoms with Crippen LogP contribution in [0.2, 0.25) is 0 Å². The Bertz CT molecular complexity index is 240. The topological polar surface area (TPSA) is 15.8 Å². The van der Waals surface area contributed by atoms with Crippen molar-refractivity contribution in [3.05, 3.63) is 0 Å². The van der Waals surface area contributed by atoms with Crippen LogP contribution in [0.15, 0.2) is 0 Å². The molecule has 0 aromatic rings. The average Bonchev–Trinajstić information content (AvgIpc) is 3.23. The predicted molar refractivity (Wildman–Crippen MR) is 86.1 cm³/mol. The molecule has 2 heterocycles. The quantitative estimate of drug-likeness (QED) is 0.686. The van der Waals surface area contributed by atoms with Crippen LogP contribution < -0.4 is 0 Å². The van der Waals surface area contributed by atoms with Gasteiger partial charge in [0.25, 0.3) is 0 Å². The Balaban J connectivity index is 1.72. The molecule has 2 fully saturated rings. The highest BCUT2D eigenvalue weighted by Crippen LogP contribution is 2.18. The highest BCUT2D eigenvalue weighted by Gasteiger charge is 2.25. The number of rotatable bonds is 2. The van der Waals surface area contributed by atoms with Crippen molar-refractivity contribution in [2.75, 3.05) is 26.2 Å². The third kappa shape index (κ3) is 7.64. The first-order valence-electron chi connectivity index (χ1n) is 9.18. The zero-order valence-corrected chi connectivity index (χ0v) is 13.6. The molecule has 2 atom stereocenters. The molecule has 0 saturated carbocycles. The van der Waals surface area contributed by atoms with E-state index in [1.54, 1.807) is 0 Å². The minimum absolute atomic E-state index is 0.560. The fraction of sp³-hybridized carbons (Fsp3) is 1.00. The van der Waals surface area contributed by atoms with Crippen molar-refractivity contribution in [1.29, 1.82) is 0 Å². The molecule has 2 nitrogen and oxygen atoms in total. The molecule has 2 aliphatic rings. The summed E-state index contributed by atoms with van der Waals surface area (Å²) in [6, 6.07) is 0. The molecule has 2 aliphatic heterocycles. The Kier molecular flexibility index (Phi) is 7.97. The predicted octanol–water partition coefficient (Wildman–Crippen LogP) is 4.63. The molecule has 20 heavy (non-hydrogen) atoms. The molecule has 118 valence electrons. The number of epoxide rings is 1. The maximum Gasteiger partial charge on any atom is 0.0936 e. The standard InChI is InChI=1S/C18H35NO/c1-17-12-10-8-6-4-2-3-5-7-9-11-13-19(14-17)15-18-16-20-18/h17-18H,2-16H2,1H3. The SMILES string of the molecule is CC1CCCCCCCCCCCCN(CC2CO2)C1. The molecule has 0 radical (unpaired) electrons. The Labute approximate surface area is 126 Å². The van der Waals surface area contributed by atoms with Gasteiger partial charge in [0.05, 0.1) is 12.7 Å². The van der Waals surface area contributed by atoms with Gasteiger partial charge in [0.1, 0.15) is 0 Å².